The number of halogens is 5. The van der Waals surface area contributed by atoms with Gasteiger partial charge in [-0.2, -0.15) is 0 Å². The van der Waals surface area contributed by atoms with Gasteiger partial charge < -0.3 is 0 Å². The van der Waals surface area contributed by atoms with Gasteiger partial charge in [-0.1, -0.05) is 57.0 Å². The van der Waals surface area contributed by atoms with Crippen LogP contribution in [0.5, 0.6) is 0 Å². The standard InChI is InChI=1S/C10H13Br2Cl3/c1-5(13)10(2)4-7(14)6(9(11)12)3-8(10)15/h6-9H,1,3-4H2,2H3/t6-,7+,8+,10-/m0/s1. The maximum atomic E-state index is 6.38. The Bertz CT molecular complexity index is 257. The number of hydrogen-bond donors (Lipinski definition) is 0. The molecule has 1 aliphatic rings. The Labute approximate surface area is 123 Å². The van der Waals surface area contributed by atoms with Gasteiger partial charge in [0, 0.05) is 21.2 Å². The van der Waals surface area contributed by atoms with E-state index in [1.807, 2.05) is 6.92 Å². The summed E-state index contributed by atoms with van der Waals surface area (Å²) in [5.41, 5.74) is -0.263. The lowest BCUT2D eigenvalue weighted by atomic mass is 9.71. The summed E-state index contributed by atoms with van der Waals surface area (Å²) < 4.78 is 0.196. The van der Waals surface area contributed by atoms with E-state index in [-0.39, 0.29) is 19.9 Å². The Morgan fingerprint density at radius 2 is 2.00 bits per heavy atom. The molecule has 0 aliphatic heterocycles. The summed E-state index contributed by atoms with van der Waals surface area (Å²) in [4.78, 5) is 0. The molecule has 0 aromatic heterocycles. The second-order valence-electron chi connectivity index (χ2n) is 4.24. The molecule has 0 nitrogen and oxygen atoms in total. The lowest BCUT2D eigenvalue weighted by Crippen LogP contribution is -2.43. The highest BCUT2D eigenvalue weighted by atomic mass is 79.9. The fourth-order valence-electron chi connectivity index (χ4n) is 1.87. The van der Waals surface area contributed by atoms with E-state index in [4.69, 9.17) is 34.8 Å². The predicted octanol–water partition coefficient (Wildman–Crippen LogP) is 5.49. The largest absolute Gasteiger partial charge is 0.123 e. The number of hydrogen-bond acceptors (Lipinski definition) is 0. The minimum absolute atomic E-state index is 0.0138. The summed E-state index contributed by atoms with van der Waals surface area (Å²) in [5, 5.41) is 0.650. The SMILES string of the molecule is C=C(Cl)[C@]1(C)C[C@@H](Cl)[C@@H](C(Br)Br)C[C@H]1Cl. The van der Waals surface area contributed by atoms with Crippen LogP contribution in [0.15, 0.2) is 11.6 Å². The summed E-state index contributed by atoms with van der Waals surface area (Å²) in [6.07, 6.45) is 1.60. The lowest BCUT2D eigenvalue weighted by molar-refractivity contribution is 0.241. The molecule has 1 rings (SSSR count). The van der Waals surface area contributed by atoms with Crippen molar-refractivity contribution in [3.63, 3.8) is 0 Å². The van der Waals surface area contributed by atoms with Gasteiger partial charge in [0.2, 0.25) is 0 Å². The molecule has 0 aromatic rings. The topological polar surface area (TPSA) is 0 Å². The molecule has 0 unspecified atom stereocenters. The zero-order chi connectivity index (χ0) is 11.8. The average molecular weight is 399 g/mol. The van der Waals surface area contributed by atoms with E-state index in [1.54, 1.807) is 0 Å². The normalized spacial score (nSPS) is 41.9. The molecular formula is C10H13Br2Cl3. The van der Waals surface area contributed by atoms with Crippen LogP contribution in [0.2, 0.25) is 0 Å². The highest BCUT2D eigenvalue weighted by molar-refractivity contribution is 9.24. The molecule has 0 N–H and O–H groups in total. The summed E-state index contributed by atoms with van der Waals surface area (Å²) in [6.45, 7) is 5.84. The van der Waals surface area contributed by atoms with Crippen molar-refractivity contribution in [1.82, 2.24) is 0 Å². The molecule has 1 aliphatic carbocycles. The molecule has 0 aromatic carbocycles. The van der Waals surface area contributed by atoms with Gasteiger partial charge in [0.1, 0.15) is 0 Å². The van der Waals surface area contributed by atoms with Gasteiger partial charge >= 0.3 is 0 Å². The third-order valence-corrected chi connectivity index (χ3v) is 6.12. The first-order valence-electron chi connectivity index (χ1n) is 4.70. The van der Waals surface area contributed by atoms with Crippen LogP contribution in [-0.2, 0) is 0 Å². The van der Waals surface area contributed by atoms with Crippen LogP contribution < -0.4 is 0 Å². The van der Waals surface area contributed by atoms with Crippen molar-refractivity contribution in [3.8, 4) is 0 Å². The van der Waals surface area contributed by atoms with Crippen LogP contribution in [0.3, 0.4) is 0 Å². The van der Waals surface area contributed by atoms with Crippen LogP contribution in [0, 0.1) is 11.3 Å². The molecule has 0 amide bonds. The van der Waals surface area contributed by atoms with Crippen molar-refractivity contribution in [1.29, 1.82) is 0 Å². The summed E-state index contributed by atoms with van der Waals surface area (Å²) in [5.74, 6) is 0.318. The second-order valence-corrected chi connectivity index (χ2v) is 8.99. The molecular weight excluding hydrogens is 386 g/mol. The molecule has 0 radical (unpaired) electrons. The maximum absolute atomic E-state index is 6.38. The molecule has 4 atom stereocenters. The monoisotopic (exact) mass is 396 g/mol. The first-order chi connectivity index (χ1) is 6.79. The van der Waals surface area contributed by atoms with Gasteiger partial charge in [0.05, 0.1) is 3.74 Å². The van der Waals surface area contributed by atoms with E-state index in [9.17, 15) is 0 Å². The molecule has 1 saturated carbocycles. The number of allylic oxidation sites excluding steroid dienone is 1. The average Bonchev–Trinajstić information content (AvgIpc) is 2.10. The Morgan fingerprint density at radius 3 is 2.40 bits per heavy atom. The Morgan fingerprint density at radius 1 is 1.47 bits per heavy atom. The van der Waals surface area contributed by atoms with Gasteiger partial charge in [0.15, 0.2) is 0 Å². The van der Waals surface area contributed by atoms with E-state index < -0.39 is 0 Å². The maximum Gasteiger partial charge on any atom is 0.0740 e. The fraction of sp³-hybridized carbons (Fsp3) is 0.800. The minimum Gasteiger partial charge on any atom is -0.123 e. The van der Waals surface area contributed by atoms with Crippen LogP contribution in [0.4, 0.5) is 0 Å². The Balaban J connectivity index is 2.83. The second kappa shape index (κ2) is 5.48. The molecule has 88 valence electrons. The quantitative estimate of drug-likeness (QED) is 0.539. The van der Waals surface area contributed by atoms with Crippen molar-refractivity contribution in [2.24, 2.45) is 11.3 Å². The van der Waals surface area contributed by atoms with Crippen LogP contribution in [-0.4, -0.2) is 14.5 Å². The van der Waals surface area contributed by atoms with Crippen molar-refractivity contribution in [3.05, 3.63) is 11.6 Å². The van der Waals surface area contributed by atoms with Crippen LogP contribution in [0.1, 0.15) is 19.8 Å². The fourth-order valence-corrected chi connectivity index (χ4v) is 4.65. The molecule has 0 heterocycles. The van der Waals surface area contributed by atoms with Gasteiger partial charge in [-0.25, -0.2) is 0 Å². The number of rotatable bonds is 2. The molecule has 15 heavy (non-hydrogen) atoms. The molecule has 0 saturated heterocycles. The Hall–Kier alpha value is 1.57. The van der Waals surface area contributed by atoms with E-state index in [0.29, 0.717) is 11.0 Å². The summed E-state index contributed by atoms with van der Waals surface area (Å²) in [7, 11) is 0. The highest BCUT2D eigenvalue weighted by Crippen LogP contribution is 2.51. The van der Waals surface area contributed by atoms with E-state index in [1.165, 1.54) is 0 Å². The third kappa shape index (κ3) is 3.07. The summed E-state index contributed by atoms with van der Waals surface area (Å²) >= 11 is 25.7. The predicted molar refractivity (Wildman–Crippen MR) is 76.7 cm³/mol. The van der Waals surface area contributed by atoms with Crippen LogP contribution >= 0.6 is 66.7 Å². The number of alkyl halides is 4. The van der Waals surface area contributed by atoms with E-state index in [0.717, 1.165) is 12.8 Å². The van der Waals surface area contributed by atoms with E-state index >= 15 is 0 Å². The van der Waals surface area contributed by atoms with Crippen molar-refractivity contribution >= 4 is 66.7 Å². The first-order valence-corrected chi connectivity index (χ1v) is 7.78. The zero-order valence-electron chi connectivity index (χ0n) is 8.32. The lowest BCUT2D eigenvalue weighted by Gasteiger charge is -2.44. The van der Waals surface area contributed by atoms with Crippen LogP contribution in [0.25, 0.3) is 0 Å². The molecule has 0 bridgehead atoms. The smallest absolute Gasteiger partial charge is 0.0740 e. The Kier molecular flexibility index (Phi) is 5.34. The van der Waals surface area contributed by atoms with Gasteiger partial charge in [-0.3, -0.25) is 0 Å². The molecule has 5 heteroatoms. The highest BCUT2D eigenvalue weighted by Gasteiger charge is 2.46. The first kappa shape index (κ1) is 14.6. The molecule has 1 fully saturated rings. The van der Waals surface area contributed by atoms with Crippen molar-refractivity contribution < 1.29 is 0 Å². The molecule has 0 spiro atoms. The van der Waals surface area contributed by atoms with E-state index in [2.05, 4.69) is 38.4 Å². The third-order valence-electron chi connectivity index (χ3n) is 3.20. The summed E-state index contributed by atoms with van der Waals surface area (Å²) in [6, 6.07) is 0. The minimum atomic E-state index is -0.263. The van der Waals surface area contributed by atoms with Gasteiger partial charge in [-0.05, 0) is 18.8 Å². The van der Waals surface area contributed by atoms with Crippen molar-refractivity contribution in [2.75, 3.05) is 0 Å². The van der Waals surface area contributed by atoms with Crippen molar-refractivity contribution in [2.45, 2.75) is 34.3 Å². The van der Waals surface area contributed by atoms with Gasteiger partial charge in [0.25, 0.3) is 0 Å². The zero-order valence-corrected chi connectivity index (χ0v) is 13.8. The van der Waals surface area contributed by atoms with Gasteiger partial charge in [-0.15, -0.1) is 23.2 Å².